The number of ether oxygens (including phenoxy) is 1. The number of nitrogens with zero attached hydrogens (tertiary/aromatic N) is 2. The number of urea groups is 1. The quantitative estimate of drug-likeness (QED) is 0.882. The number of aryl methyl sites for hydroxylation is 1. The summed E-state index contributed by atoms with van der Waals surface area (Å²) in [6, 6.07) is 6.49. The molecule has 118 valence electrons. The number of benzene rings is 1. The van der Waals surface area contributed by atoms with Gasteiger partial charge in [0.15, 0.2) is 11.5 Å². The van der Waals surface area contributed by atoms with Crippen LogP contribution in [0.25, 0.3) is 0 Å². The molecule has 0 spiro atoms. The Bertz CT molecular complexity index is 654. The molecule has 0 aliphatic carbocycles. The van der Waals surface area contributed by atoms with E-state index >= 15 is 0 Å². The Labute approximate surface area is 128 Å². The molecule has 2 rings (SSSR count). The number of methoxy groups -OCH3 is 1. The molecule has 0 saturated heterocycles. The number of amides is 2. The van der Waals surface area contributed by atoms with Crippen LogP contribution in [-0.4, -0.2) is 35.4 Å². The molecule has 2 aromatic rings. The van der Waals surface area contributed by atoms with Gasteiger partial charge in [0, 0.05) is 19.7 Å². The Morgan fingerprint density at radius 3 is 2.86 bits per heavy atom. The number of hydrogen-bond donors (Lipinski definition) is 2. The molecule has 0 aliphatic rings. The zero-order valence-corrected chi connectivity index (χ0v) is 12.8. The van der Waals surface area contributed by atoms with Crippen LogP contribution in [0.4, 0.5) is 4.79 Å². The number of carbonyl (C=O) groups excluding carboxylic acids is 1. The lowest BCUT2D eigenvalue weighted by Crippen LogP contribution is -2.36. The first-order valence-electron chi connectivity index (χ1n) is 6.76. The second-order valence-corrected chi connectivity index (χ2v) is 4.95. The topological polar surface area (TPSA) is 87.8 Å². The highest BCUT2D eigenvalue weighted by atomic mass is 16.5. The average molecular weight is 305 g/mol. The largest absolute Gasteiger partial charge is 0.504 e. The van der Waals surface area contributed by atoms with Gasteiger partial charge in [-0.3, -0.25) is 0 Å². The van der Waals surface area contributed by atoms with Crippen LogP contribution in [0, 0.1) is 6.92 Å². The van der Waals surface area contributed by atoms with E-state index in [-0.39, 0.29) is 11.8 Å². The first-order chi connectivity index (χ1) is 10.5. The van der Waals surface area contributed by atoms with Crippen molar-refractivity contribution in [1.29, 1.82) is 0 Å². The Hall–Kier alpha value is -2.70. The van der Waals surface area contributed by atoms with Crippen LogP contribution < -0.4 is 10.1 Å². The summed E-state index contributed by atoms with van der Waals surface area (Å²) in [5.74, 6) is 1.15. The fraction of sp³-hybridized carbons (Fsp3) is 0.333. The van der Waals surface area contributed by atoms with Crippen LogP contribution in [0.1, 0.15) is 17.0 Å². The van der Waals surface area contributed by atoms with E-state index in [1.165, 1.54) is 18.1 Å². The number of hydrogen-bond acceptors (Lipinski definition) is 5. The molecular weight excluding hydrogens is 286 g/mol. The van der Waals surface area contributed by atoms with E-state index in [4.69, 9.17) is 9.26 Å². The molecule has 1 heterocycles. The molecule has 22 heavy (non-hydrogen) atoms. The van der Waals surface area contributed by atoms with Crippen molar-refractivity contribution in [3.05, 3.63) is 41.3 Å². The van der Waals surface area contributed by atoms with Gasteiger partial charge in [-0.15, -0.1) is 0 Å². The number of phenolic OH excluding ortho intramolecular Hbond substituents is 1. The lowest BCUT2D eigenvalue weighted by Gasteiger charge is -2.16. The molecule has 1 aromatic heterocycles. The van der Waals surface area contributed by atoms with Crippen LogP contribution in [0.2, 0.25) is 0 Å². The van der Waals surface area contributed by atoms with Gasteiger partial charge in [-0.1, -0.05) is 11.2 Å². The van der Waals surface area contributed by atoms with Crippen molar-refractivity contribution in [2.24, 2.45) is 0 Å². The van der Waals surface area contributed by atoms with Crippen LogP contribution in [0.5, 0.6) is 11.5 Å². The molecule has 0 atom stereocenters. The van der Waals surface area contributed by atoms with E-state index < -0.39 is 0 Å². The predicted octanol–water partition coefficient (Wildman–Crippen LogP) is 2.04. The zero-order valence-electron chi connectivity index (χ0n) is 12.8. The maximum absolute atomic E-state index is 12.0. The number of nitrogens with one attached hydrogen (secondary N) is 1. The maximum atomic E-state index is 12.0. The van der Waals surface area contributed by atoms with Crippen LogP contribution in [-0.2, 0) is 13.1 Å². The van der Waals surface area contributed by atoms with E-state index in [1.807, 2.05) is 0 Å². The van der Waals surface area contributed by atoms with Gasteiger partial charge < -0.3 is 24.6 Å². The van der Waals surface area contributed by atoms with Gasteiger partial charge in [-0.25, -0.2) is 4.79 Å². The Kier molecular flexibility index (Phi) is 4.88. The van der Waals surface area contributed by atoms with E-state index in [1.54, 1.807) is 32.2 Å². The predicted molar refractivity (Wildman–Crippen MR) is 79.6 cm³/mol. The lowest BCUT2D eigenvalue weighted by molar-refractivity contribution is 0.205. The number of phenols is 1. The molecule has 0 saturated carbocycles. The summed E-state index contributed by atoms with van der Waals surface area (Å²) in [5.41, 5.74) is 1.52. The van der Waals surface area contributed by atoms with E-state index in [9.17, 15) is 9.90 Å². The standard InChI is InChI=1S/C15H19N3O4/c1-10-6-12(17-22-10)9-18(2)15(20)16-8-11-4-5-13(19)14(7-11)21-3/h4-7,19H,8-9H2,1-3H3,(H,16,20). The molecular formula is C15H19N3O4. The fourth-order valence-electron chi connectivity index (χ4n) is 1.95. The summed E-state index contributed by atoms with van der Waals surface area (Å²) in [6.45, 7) is 2.49. The summed E-state index contributed by atoms with van der Waals surface area (Å²) >= 11 is 0. The normalized spacial score (nSPS) is 10.3. The second-order valence-electron chi connectivity index (χ2n) is 4.95. The van der Waals surface area contributed by atoms with Gasteiger partial charge in [0.1, 0.15) is 11.5 Å². The number of aromatic hydroxyl groups is 1. The van der Waals surface area contributed by atoms with Crippen molar-refractivity contribution >= 4 is 6.03 Å². The minimum atomic E-state index is -0.229. The summed E-state index contributed by atoms with van der Waals surface area (Å²) in [4.78, 5) is 13.5. The molecule has 0 fully saturated rings. The van der Waals surface area contributed by atoms with Crippen LogP contribution in [0.15, 0.2) is 28.8 Å². The molecule has 7 nitrogen and oxygen atoms in total. The highest BCUT2D eigenvalue weighted by Crippen LogP contribution is 2.26. The number of aromatic nitrogens is 1. The van der Waals surface area contributed by atoms with Crippen molar-refractivity contribution in [2.45, 2.75) is 20.0 Å². The van der Waals surface area contributed by atoms with Gasteiger partial charge >= 0.3 is 6.03 Å². The lowest BCUT2D eigenvalue weighted by atomic mass is 10.2. The smallest absolute Gasteiger partial charge is 0.317 e. The van der Waals surface area contributed by atoms with E-state index in [2.05, 4.69) is 10.5 Å². The Morgan fingerprint density at radius 2 is 2.23 bits per heavy atom. The van der Waals surface area contributed by atoms with Crippen molar-refractivity contribution in [1.82, 2.24) is 15.4 Å². The highest BCUT2D eigenvalue weighted by Gasteiger charge is 2.11. The molecule has 0 aliphatic heterocycles. The fourth-order valence-corrected chi connectivity index (χ4v) is 1.95. The summed E-state index contributed by atoms with van der Waals surface area (Å²) in [6.07, 6.45) is 0. The third kappa shape index (κ3) is 3.91. The van der Waals surface area contributed by atoms with Crippen LogP contribution in [0.3, 0.4) is 0 Å². The van der Waals surface area contributed by atoms with Crippen LogP contribution >= 0.6 is 0 Å². The third-order valence-corrected chi connectivity index (χ3v) is 3.11. The Morgan fingerprint density at radius 1 is 1.45 bits per heavy atom. The average Bonchev–Trinajstić information content (AvgIpc) is 2.91. The van der Waals surface area contributed by atoms with E-state index in [0.29, 0.717) is 30.3 Å². The maximum Gasteiger partial charge on any atom is 0.317 e. The van der Waals surface area contributed by atoms with E-state index in [0.717, 1.165) is 5.56 Å². The first-order valence-corrected chi connectivity index (χ1v) is 6.76. The van der Waals surface area contributed by atoms with Crippen molar-refractivity contribution < 1.29 is 19.2 Å². The molecule has 7 heteroatoms. The SMILES string of the molecule is COc1cc(CNC(=O)N(C)Cc2cc(C)on2)ccc1O. The van der Waals surface area contributed by atoms with Gasteiger partial charge in [-0.2, -0.15) is 0 Å². The molecule has 0 radical (unpaired) electrons. The molecule has 0 unspecified atom stereocenters. The van der Waals surface area contributed by atoms with Gasteiger partial charge in [0.25, 0.3) is 0 Å². The van der Waals surface area contributed by atoms with Crippen molar-refractivity contribution in [2.75, 3.05) is 14.2 Å². The Balaban J connectivity index is 1.89. The monoisotopic (exact) mass is 305 g/mol. The first kappa shape index (κ1) is 15.7. The summed E-state index contributed by atoms with van der Waals surface area (Å²) in [7, 11) is 3.15. The van der Waals surface area contributed by atoms with Crippen molar-refractivity contribution in [3.63, 3.8) is 0 Å². The molecule has 0 bridgehead atoms. The summed E-state index contributed by atoms with van der Waals surface area (Å²) in [5, 5.41) is 16.2. The molecule has 2 N–H and O–H groups in total. The zero-order chi connectivity index (χ0) is 16.1. The molecule has 2 amide bonds. The summed E-state index contributed by atoms with van der Waals surface area (Å²) < 4.78 is 9.99. The second kappa shape index (κ2) is 6.84. The van der Waals surface area contributed by atoms with Gasteiger partial charge in [0.2, 0.25) is 0 Å². The minimum absolute atomic E-state index is 0.0658. The molecule has 1 aromatic carbocycles. The van der Waals surface area contributed by atoms with Gasteiger partial charge in [-0.05, 0) is 24.6 Å². The highest BCUT2D eigenvalue weighted by molar-refractivity contribution is 5.73. The van der Waals surface area contributed by atoms with Gasteiger partial charge in [0.05, 0.1) is 13.7 Å². The third-order valence-electron chi connectivity index (χ3n) is 3.11. The number of carbonyl (C=O) groups is 1. The minimum Gasteiger partial charge on any atom is -0.504 e. The van der Waals surface area contributed by atoms with Crippen molar-refractivity contribution in [3.8, 4) is 11.5 Å². The number of rotatable bonds is 5.